The standard InChI is InChI=1S/C29H27FN6O4S/c1-18-15-19-5-3-4-6-24(19)29(18)11-13-35(14-12-29)28(38)23-16-31-25-22(27(37)34-41(2,39)40)17-32-36(25)26(23)33-21-9-7-20(30)8-10-21/h3-10,15-17,33H,11-14H2,1-2H3,(H,34,37). The van der Waals surface area contributed by atoms with Gasteiger partial charge in [0.15, 0.2) is 5.65 Å². The zero-order valence-electron chi connectivity index (χ0n) is 22.4. The topological polar surface area (TPSA) is 126 Å². The minimum Gasteiger partial charge on any atom is -0.339 e. The molecule has 2 N–H and O–H groups in total. The van der Waals surface area contributed by atoms with Crippen LogP contribution in [0.15, 0.2) is 66.5 Å². The van der Waals surface area contributed by atoms with Crippen molar-refractivity contribution < 1.29 is 22.4 Å². The van der Waals surface area contributed by atoms with Crippen LogP contribution in [0.4, 0.5) is 15.9 Å². The summed E-state index contributed by atoms with van der Waals surface area (Å²) in [7, 11) is -3.83. The summed E-state index contributed by atoms with van der Waals surface area (Å²) >= 11 is 0. The van der Waals surface area contributed by atoms with Crippen molar-refractivity contribution in [3.8, 4) is 0 Å². The maximum atomic E-state index is 13.9. The summed E-state index contributed by atoms with van der Waals surface area (Å²) in [6, 6.07) is 13.9. The second-order valence-electron chi connectivity index (χ2n) is 10.4. The highest BCUT2D eigenvalue weighted by atomic mass is 32.2. The van der Waals surface area contributed by atoms with Crippen LogP contribution >= 0.6 is 0 Å². The number of amides is 2. The Morgan fingerprint density at radius 3 is 2.41 bits per heavy atom. The van der Waals surface area contributed by atoms with Crippen molar-refractivity contribution in [3.05, 3.63) is 94.6 Å². The third kappa shape index (κ3) is 4.73. The third-order valence-corrected chi connectivity index (χ3v) is 8.45. The molecule has 1 aliphatic heterocycles. The highest BCUT2D eigenvalue weighted by Gasteiger charge is 2.43. The van der Waals surface area contributed by atoms with Crippen LogP contribution in [0.3, 0.4) is 0 Å². The third-order valence-electron chi connectivity index (χ3n) is 7.89. The Kier molecular flexibility index (Phi) is 6.37. The maximum Gasteiger partial charge on any atom is 0.270 e. The second-order valence-corrected chi connectivity index (χ2v) is 12.2. The van der Waals surface area contributed by atoms with Gasteiger partial charge in [0.05, 0.1) is 12.5 Å². The Balaban J connectivity index is 1.35. The number of likely N-dealkylation sites (tertiary alicyclic amines) is 1. The number of sulfonamides is 1. The number of carbonyl (C=O) groups is 2. The van der Waals surface area contributed by atoms with Crippen LogP contribution in [-0.4, -0.2) is 59.1 Å². The van der Waals surface area contributed by atoms with Gasteiger partial charge in [-0.05, 0) is 55.2 Å². The molecular weight excluding hydrogens is 547 g/mol. The lowest BCUT2D eigenvalue weighted by Gasteiger charge is -2.41. The summed E-state index contributed by atoms with van der Waals surface area (Å²) in [5, 5.41) is 7.37. The van der Waals surface area contributed by atoms with Crippen LogP contribution in [0.1, 0.15) is 51.6 Å². The first-order chi connectivity index (χ1) is 19.6. The predicted molar refractivity (Wildman–Crippen MR) is 152 cm³/mol. The van der Waals surface area contributed by atoms with E-state index in [1.807, 2.05) is 16.9 Å². The molecule has 0 bridgehead atoms. The normalized spacial score (nSPS) is 16.0. The number of anilines is 2. The van der Waals surface area contributed by atoms with Gasteiger partial charge in [0.2, 0.25) is 10.0 Å². The quantitative estimate of drug-likeness (QED) is 0.370. The van der Waals surface area contributed by atoms with Crippen LogP contribution in [0.2, 0.25) is 0 Å². The number of carbonyl (C=O) groups excluding carboxylic acids is 2. The van der Waals surface area contributed by atoms with E-state index in [-0.39, 0.29) is 33.9 Å². The van der Waals surface area contributed by atoms with E-state index in [9.17, 15) is 22.4 Å². The summed E-state index contributed by atoms with van der Waals surface area (Å²) in [5.41, 5.74) is 4.36. The monoisotopic (exact) mass is 574 g/mol. The summed E-state index contributed by atoms with van der Waals surface area (Å²) in [4.78, 5) is 32.7. The van der Waals surface area contributed by atoms with Gasteiger partial charge in [0, 0.05) is 30.4 Å². The first kappa shape index (κ1) is 26.6. The molecule has 2 aromatic heterocycles. The van der Waals surface area contributed by atoms with Crippen LogP contribution in [-0.2, 0) is 15.4 Å². The maximum absolute atomic E-state index is 13.9. The van der Waals surface area contributed by atoms with Gasteiger partial charge in [0.25, 0.3) is 11.8 Å². The van der Waals surface area contributed by atoms with Gasteiger partial charge >= 0.3 is 0 Å². The van der Waals surface area contributed by atoms with E-state index in [0.29, 0.717) is 18.8 Å². The molecule has 1 spiro atoms. The van der Waals surface area contributed by atoms with Gasteiger partial charge in [-0.1, -0.05) is 35.9 Å². The largest absolute Gasteiger partial charge is 0.339 e. The number of hydrogen-bond donors (Lipinski definition) is 2. The van der Waals surface area contributed by atoms with Crippen molar-refractivity contribution in [2.24, 2.45) is 0 Å². The van der Waals surface area contributed by atoms with Crippen LogP contribution < -0.4 is 10.0 Å². The first-order valence-electron chi connectivity index (χ1n) is 13.0. The van der Waals surface area contributed by atoms with Gasteiger partial charge < -0.3 is 10.2 Å². The SMILES string of the molecule is CC1=Cc2ccccc2C12CCN(C(=O)c1cnc3c(C(=O)NS(C)(=O)=O)cnn3c1Nc1ccc(F)cc1)CC2. The summed E-state index contributed by atoms with van der Waals surface area (Å²) in [5.74, 6) is -1.38. The molecule has 41 heavy (non-hydrogen) atoms. The predicted octanol–water partition coefficient (Wildman–Crippen LogP) is 3.89. The molecule has 6 rings (SSSR count). The number of rotatable bonds is 5. The zero-order valence-corrected chi connectivity index (χ0v) is 23.2. The number of nitrogens with zero attached hydrogens (tertiary/aromatic N) is 4. The van der Waals surface area contributed by atoms with E-state index in [1.54, 1.807) is 4.90 Å². The Bertz CT molecular complexity index is 1840. The average Bonchev–Trinajstić information content (AvgIpc) is 3.49. The average molecular weight is 575 g/mol. The Morgan fingerprint density at radius 1 is 1.00 bits per heavy atom. The molecule has 4 aromatic rings. The van der Waals surface area contributed by atoms with Crippen LogP contribution in [0, 0.1) is 5.82 Å². The molecule has 0 unspecified atom stereocenters. The Hall–Kier alpha value is -4.58. The van der Waals surface area contributed by atoms with E-state index in [2.05, 4.69) is 40.5 Å². The molecule has 2 aromatic carbocycles. The molecule has 0 saturated carbocycles. The van der Waals surface area contributed by atoms with Crippen molar-refractivity contribution in [2.45, 2.75) is 25.2 Å². The summed E-state index contributed by atoms with van der Waals surface area (Å²) < 4.78 is 40.0. The number of hydrogen-bond acceptors (Lipinski definition) is 7. The molecule has 3 heterocycles. The van der Waals surface area contributed by atoms with Crippen molar-refractivity contribution in [1.82, 2.24) is 24.2 Å². The molecule has 0 atom stereocenters. The van der Waals surface area contributed by atoms with E-state index in [0.717, 1.165) is 19.1 Å². The van der Waals surface area contributed by atoms with Gasteiger partial charge in [-0.2, -0.15) is 9.61 Å². The minimum absolute atomic E-state index is 0.0493. The first-order valence-corrected chi connectivity index (χ1v) is 14.9. The molecule has 1 aliphatic carbocycles. The smallest absolute Gasteiger partial charge is 0.270 e. The molecule has 210 valence electrons. The van der Waals surface area contributed by atoms with Crippen molar-refractivity contribution in [2.75, 3.05) is 24.7 Å². The van der Waals surface area contributed by atoms with Gasteiger partial charge in [-0.3, -0.25) is 9.59 Å². The zero-order chi connectivity index (χ0) is 28.9. The molecular formula is C29H27FN6O4S. The van der Waals surface area contributed by atoms with E-state index >= 15 is 0 Å². The van der Waals surface area contributed by atoms with Gasteiger partial charge in [0.1, 0.15) is 22.8 Å². The molecule has 12 heteroatoms. The Labute approximate surface area is 235 Å². The fraction of sp³-hybridized carbons (Fsp3) is 0.241. The van der Waals surface area contributed by atoms with Gasteiger partial charge in [-0.15, -0.1) is 0 Å². The van der Waals surface area contributed by atoms with Gasteiger partial charge in [-0.25, -0.2) is 22.5 Å². The number of benzene rings is 2. The number of allylic oxidation sites excluding steroid dienone is 1. The molecule has 0 radical (unpaired) electrons. The fourth-order valence-corrected chi connectivity index (χ4v) is 6.28. The Morgan fingerprint density at radius 2 is 1.71 bits per heavy atom. The van der Waals surface area contributed by atoms with Crippen LogP contribution in [0.25, 0.3) is 11.7 Å². The summed E-state index contributed by atoms with van der Waals surface area (Å²) in [6.45, 7) is 3.19. The number of fused-ring (bicyclic) bond motifs is 3. The lowest BCUT2D eigenvalue weighted by molar-refractivity contribution is 0.0685. The summed E-state index contributed by atoms with van der Waals surface area (Å²) in [6.07, 6.45) is 7.17. The van der Waals surface area contributed by atoms with Crippen LogP contribution in [0.5, 0.6) is 0 Å². The number of halogens is 1. The highest BCUT2D eigenvalue weighted by molar-refractivity contribution is 7.89. The van der Waals surface area contributed by atoms with E-state index in [1.165, 1.54) is 57.9 Å². The van der Waals surface area contributed by atoms with Crippen molar-refractivity contribution >= 4 is 45.1 Å². The molecule has 2 amide bonds. The molecule has 2 aliphatic rings. The van der Waals surface area contributed by atoms with E-state index in [4.69, 9.17) is 0 Å². The van der Waals surface area contributed by atoms with Crippen molar-refractivity contribution in [3.63, 3.8) is 0 Å². The number of aromatic nitrogens is 3. The lowest BCUT2D eigenvalue weighted by Crippen LogP contribution is -2.45. The molecule has 1 saturated heterocycles. The second kappa shape index (κ2) is 9.81. The van der Waals surface area contributed by atoms with Crippen molar-refractivity contribution in [1.29, 1.82) is 0 Å². The number of nitrogens with one attached hydrogen (secondary N) is 2. The fourth-order valence-electron chi connectivity index (χ4n) is 5.83. The highest BCUT2D eigenvalue weighted by Crippen LogP contribution is 2.48. The number of piperidine rings is 1. The minimum atomic E-state index is -3.83. The lowest BCUT2D eigenvalue weighted by atomic mass is 9.70. The molecule has 1 fully saturated rings. The molecule has 10 nitrogen and oxygen atoms in total. The van der Waals surface area contributed by atoms with E-state index < -0.39 is 21.7 Å².